The summed E-state index contributed by atoms with van der Waals surface area (Å²) in [6, 6.07) is 10.3. The van der Waals surface area contributed by atoms with Crippen LogP contribution >= 0.6 is 0 Å². The fourth-order valence-corrected chi connectivity index (χ4v) is 3.49. The SMILES string of the molecule is CCOc1ccc(NC(=O)CN2C(=O)NC(C)(c3cccc(C(N)=O)c3)C2=O)cc1OCC. The Morgan fingerprint density at radius 1 is 1.06 bits per heavy atom. The summed E-state index contributed by atoms with van der Waals surface area (Å²) in [5.41, 5.74) is 4.89. The van der Waals surface area contributed by atoms with E-state index in [9.17, 15) is 19.2 Å². The van der Waals surface area contributed by atoms with Gasteiger partial charge in [-0.05, 0) is 50.6 Å². The smallest absolute Gasteiger partial charge is 0.325 e. The molecule has 1 atom stereocenters. The van der Waals surface area contributed by atoms with Crippen LogP contribution < -0.4 is 25.8 Å². The number of benzene rings is 2. The summed E-state index contributed by atoms with van der Waals surface area (Å²) in [5, 5.41) is 5.26. The minimum Gasteiger partial charge on any atom is -0.490 e. The standard InChI is InChI=1S/C23H26N4O6/c1-4-32-17-10-9-16(12-18(17)33-5-2)25-19(28)13-27-21(30)23(3,26-22(27)31)15-8-6-7-14(11-15)20(24)29/h6-12H,4-5,13H2,1-3H3,(H2,24,29)(H,25,28)(H,26,31). The molecular formula is C23H26N4O6. The summed E-state index contributed by atoms with van der Waals surface area (Å²) < 4.78 is 11.0. The van der Waals surface area contributed by atoms with Crippen molar-refractivity contribution in [2.24, 2.45) is 5.73 Å². The second-order valence-electron chi connectivity index (χ2n) is 7.47. The maximum Gasteiger partial charge on any atom is 0.325 e. The Balaban J connectivity index is 1.75. The molecule has 1 heterocycles. The largest absolute Gasteiger partial charge is 0.490 e. The van der Waals surface area contributed by atoms with Crippen LogP contribution in [0.4, 0.5) is 10.5 Å². The van der Waals surface area contributed by atoms with Crippen molar-refractivity contribution in [2.75, 3.05) is 25.1 Å². The van der Waals surface area contributed by atoms with Gasteiger partial charge < -0.3 is 25.8 Å². The number of imide groups is 1. The normalized spacial score (nSPS) is 17.5. The van der Waals surface area contributed by atoms with Gasteiger partial charge in [0.2, 0.25) is 11.8 Å². The van der Waals surface area contributed by atoms with Crippen molar-refractivity contribution in [3.05, 3.63) is 53.6 Å². The quantitative estimate of drug-likeness (QED) is 0.495. The van der Waals surface area contributed by atoms with Crippen LogP contribution in [0.2, 0.25) is 0 Å². The first-order valence-electron chi connectivity index (χ1n) is 10.4. The lowest BCUT2D eigenvalue weighted by molar-refractivity contribution is -0.133. The summed E-state index contributed by atoms with van der Waals surface area (Å²) in [4.78, 5) is 50.5. The molecule has 1 unspecified atom stereocenters. The Morgan fingerprint density at radius 3 is 2.42 bits per heavy atom. The van der Waals surface area contributed by atoms with Gasteiger partial charge in [-0.3, -0.25) is 19.3 Å². The number of primary amides is 1. The zero-order valence-corrected chi connectivity index (χ0v) is 18.6. The fourth-order valence-electron chi connectivity index (χ4n) is 3.49. The molecule has 0 aromatic heterocycles. The molecule has 1 saturated heterocycles. The van der Waals surface area contributed by atoms with E-state index >= 15 is 0 Å². The molecule has 0 bridgehead atoms. The third-order valence-corrected chi connectivity index (χ3v) is 5.13. The Morgan fingerprint density at radius 2 is 1.76 bits per heavy atom. The zero-order valence-electron chi connectivity index (χ0n) is 18.6. The lowest BCUT2D eigenvalue weighted by Crippen LogP contribution is -2.42. The maximum absolute atomic E-state index is 13.1. The Bertz CT molecular complexity index is 1100. The summed E-state index contributed by atoms with van der Waals surface area (Å²) in [6.07, 6.45) is 0. The van der Waals surface area contributed by atoms with E-state index in [0.717, 1.165) is 4.90 Å². The van der Waals surface area contributed by atoms with Gasteiger partial charge in [0.1, 0.15) is 12.1 Å². The van der Waals surface area contributed by atoms with Gasteiger partial charge >= 0.3 is 6.03 Å². The number of ether oxygens (including phenoxy) is 2. The van der Waals surface area contributed by atoms with E-state index in [-0.39, 0.29) is 5.56 Å². The van der Waals surface area contributed by atoms with Crippen molar-refractivity contribution >= 4 is 29.4 Å². The van der Waals surface area contributed by atoms with Crippen LogP contribution in [-0.4, -0.2) is 48.4 Å². The number of nitrogens with one attached hydrogen (secondary N) is 2. The molecule has 2 aromatic rings. The lowest BCUT2D eigenvalue weighted by atomic mass is 9.90. The number of nitrogens with zero attached hydrogens (tertiary/aromatic N) is 1. The topological polar surface area (TPSA) is 140 Å². The minimum atomic E-state index is -1.44. The van der Waals surface area contributed by atoms with Gasteiger partial charge in [0.05, 0.1) is 13.2 Å². The number of carbonyl (C=O) groups is 4. The number of anilines is 1. The highest BCUT2D eigenvalue weighted by Crippen LogP contribution is 2.31. The number of hydrogen-bond acceptors (Lipinski definition) is 6. The van der Waals surface area contributed by atoms with E-state index in [1.807, 2.05) is 13.8 Å². The number of urea groups is 1. The lowest BCUT2D eigenvalue weighted by Gasteiger charge is -2.22. The van der Waals surface area contributed by atoms with Crippen LogP contribution in [0.25, 0.3) is 0 Å². The molecule has 0 spiro atoms. The minimum absolute atomic E-state index is 0.201. The number of amides is 5. The van der Waals surface area contributed by atoms with Gasteiger partial charge in [0, 0.05) is 17.3 Å². The van der Waals surface area contributed by atoms with Crippen molar-refractivity contribution in [1.82, 2.24) is 10.2 Å². The summed E-state index contributed by atoms with van der Waals surface area (Å²) >= 11 is 0. The molecule has 1 fully saturated rings. The van der Waals surface area contributed by atoms with E-state index < -0.39 is 35.8 Å². The Hall–Kier alpha value is -4.08. The molecule has 0 radical (unpaired) electrons. The molecule has 1 aliphatic rings. The fraction of sp³-hybridized carbons (Fsp3) is 0.304. The van der Waals surface area contributed by atoms with Crippen LogP contribution in [-0.2, 0) is 15.1 Å². The third-order valence-electron chi connectivity index (χ3n) is 5.13. The molecule has 10 nitrogen and oxygen atoms in total. The van der Waals surface area contributed by atoms with Crippen molar-refractivity contribution in [3.63, 3.8) is 0 Å². The molecule has 33 heavy (non-hydrogen) atoms. The van der Waals surface area contributed by atoms with E-state index in [0.29, 0.717) is 36.0 Å². The molecule has 174 valence electrons. The average molecular weight is 454 g/mol. The van der Waals surface area contributed by atoms with Crippen molar-refractivity contribution < 1.29 is 28.7 Å². The van der Waals surface area contributed by atoms with Crippen LogP contribution in [0, 0.1) is 0 Å². The van der Waals surface area contributed by atoms with E-state index in [1.54, 1.807) is 30.3 Å². The predicted molar refractivity (Wildman–Crippen MR) is 120 cm³/mol. The highest BCUT2D eigenvalue weighted by Gasteiger charge is 2.49. The van der Waals surface area contributed by atoms with Crippen LogP contribution in [0.1, 0.15) is 36.7 Å². The first kappa shape index (κ1) is 23.6. The first-order valence-corrected chi connectivity index (χ1v) is 10.4. The van der Waals surface area contributed by atoms with Crippen molar-refractivity contribution in [2.45, 2.75) is 26.3 Å². The molecule has 0 aliphatic carbocycles. The van der Waals surface area contributed by atoms with E-state index in [2.05, 4.69) is 10.6 Å². The van der Waals surface area contributed by atoms with E-state index in [1.165, 1.54) is 19.1 Å². The van der Waals surface area contributed by atoms with Gasteiger partial charge in [0.25, 0.3) is 5.91 Å². The zero-order chi connectivity index (χ0) is 24.2. The molecular weight excluding hydrogens is 428 g/mol. The number of carbonyl (C=O) groups excluding carboxylic acids is 4. The highest BCUT2D eigenvalue weighted by atomic mass is 16.5. The molecule has 1 aliphatic heterocycles. The van der Waals surface area contributed by atoms with Crippen molar-refractivity contribution in [1.29, 1.82) is 0 Å². The monoisotopic (exact) mass is 454 g/mol. The van der Waals surface area contributed by atoms with Crippen molar-refractivity contribution in [3.8, 4) is 11.5 Å². The molecule has 4 N–H and O–H groups in total. The van der Waals surface area contributed by atoms with Crippen LogP contribution in [0.3, 0.4) is 0 Å². The maximum atomic E-state index is 13.1. The predicted octanol–water partition coefficient (Wildman–Crippen LogP) is 1.99. The van der Waals surface area contributed by atoms with Gasteiger partial charge in [0.15, 0.2) is 11.5 Å². The highest BCUT2D eigenvalue weighted by molar-refractivity contribution is 6.10. The molecule has 3 rings (SSSR count). The Kier molecular flexibility index (Phi) is 6.86. The number of hydrogen-bond donors (Lipinski definition) is 3. The summed E-state index contributed by atoms with van der Waals surface area (Å²) in [6.45, 7) is 5.56. The number of nitrogens with two attached hydrogens (primary N) is 1. The van der Waals surface area contributed by atoms with Gasteiger partial charge in [-0.15, -0.1) is 0 Å². The number of rotatable bonds is 9. The molecule has 0 saturated carbocycles. The third kappa shape index (κ3) is 4.89. The molecule has 5 amide bonds. The summed E-state index contributed by atoms with van der Waals surface area (Å²) in [7, 11) is 0. The van der Waals surface area contributed by atoms with Crippen LogP contribution in [0.5, 0.6) is 11.5 Å². The second kappa shape index (κ2) is 9.60. The molecule has 2 aromatic carbocycles. The second-order valence-corrected chi connectivity index (χ2v) is 7.47. The average Bonchev–Trinajstić information content (AvgIpc) is 3.00. The van der Waals surface area contributed by atoms with Gasteiger partial charge in [-0.2, -0.15) is 0 Å². The Labute approximate surface area is 191 Å². The first-order chi connectivity index (χ1) is 15.7. The van der Waals surface area contributed by atoms with Crippen LogP contribution in [0.15, 0.2) is 42.5 Å². The van der Waals surface area contributed by atoms with Gasteiger partial charge in [-0.25, -0.2) is 4.79 Å². The molecule has 10 heteroatoms. The van der Waals surface area contributed by atoms with E-state index in [4.69, 9.17) is 15.2 Å². The van der Waals surface area contributed by atoms with Gasteiger partial charge in [-0.1, -0.05) is 12.1 Å². The summed E-state index contributed by atoms with van der Waals surface area (Å²) in [5.74, 6) is -0.837.